The number of urea groups is 1. The minimum atomic E-state index is -3.55. The Morgan fingerprint density at radius 2 is 1.56 bits per heavy atom. The van der Waals surface area contributed by atoms with E-state index in [9.17, 15) is 32.4 Å². The molecule has 45 heavy (non-hydrogen) atoms. The number of sulfone groups is 1. The molecule has 0 spiro atoms. The van der Waals surface area contributed by atoms with Gasteiger partial charge in [-0.3, -0.25) is 19.2 Å². The lowest BCUT2D eigenvalue weighted by Gasteiger charge is -2.40. The van der Waals surface area contributed by atoms with Gasteiger partial charge in [-0.1, -0.05) is 52.9 Å². The fourth-order valence-corrected chi connectivity index (χ4v) is 8.46. The van der Waals surface area contributed by atoms with Crippen LogP contribution < -0.4 is 21.7 Å². The Labute approximate surface area is 267 Å². The monoisotopic (exact) mass is 651 g/mol. The zero-order valence-electron chi connectivity index (χ0n) is 27.7. The first-order valence-corrected chi connectivity index (χ1v) is 18.1. The molecule has 0 radical (unpaired) electrons. The molecule has 5 amide bonds. The number of hydrogen-bond donors (Lipinski definition) is 4. The fourth-order valence-electron chi connectivity index (χ4n) is 6.94. The molecule has 1 saturated heterocycles. The van der Waals surface area contributed by atoms with Crippen molar-refractivity contribution in [2.75, 3.05) is 12.3 Å². The van der Waals surface area contributed by atoms with Crippen molar-refractivity contribution in [3.63, 3.8) is 0 Å². The van der Waals surface area contributed by atoms with Gasteiger partial charge in [0.05, 0.1) is 22.1 Å². The largest absolute Gasteiger partial charge is 0.363 e. The quantitative estimate of drug-likeness (QED) is 0.233. The molecule has 4 fully saturated rings. The summed E-state index contributed by atoms with van der Waals surface area (Å²) < 4.78 is 25.5. The smallest absolute Gasteiger partial charge is 0.315 e. The van der Waals surface area contributed by atoms with Gasteiger partial charge in [-0.15, -0.1) is 0 Å². The summed E-state index contributed by atoms with van der Waals surface area (Å²) in [5.41, 5.74) is 3.96. The van der Waals surface area contributed by atoms with E-state index in [1.165, 1.54) is 4.90 Å². The van der Waals surface area contributed by atoms with Crippen LogP contribution in [0, 0.1) is 23.2 Å². The van der Waals surface area contributed by atoms with Crippen molar-refractivity contribution in [1.29, 1.82) is 0 Å². The third kappa shape index (κ3) is 8.77. The van der Waals surface area contributed by atoms with Crippen LogP contribution in [0.4, 0.5) is 4.79 Å². The van der Waals surface area contributed by atoms with Gasteiger partial charge in [-0.05, 0) is 76.0 Å². The van der Waals surface area contributed by atoms with Crippen molar-refractivity contribution in [1.82, 2.24) is 20.9 Å². The number of Topliss-reactive ketones (excluding diaryl/α,β-unsaturated/α-hetero) is 1. The van der Waals surface area contributed by atoms with Crippen molar-refractivity contribution in [2.45, 2.75) is 134 Å². The molecule has 3 saturated carbocycles. The average molecular weight is 652 g/mol. The number of fused-ring (bicyclic) bond motifs is 1. The van der Waals surface area contributed by atoms with Crippen molar-refractivity contribution >= 4 is 39.4 Å². The number of carbonyl (C=O) groups excluding carboxylic acids is 5. The van der Waals surface area contributed by atoms with Crippen molar-refractivity contribution < 1.29 is 32.4 Å². The second-order valence-corrected chi connectivity index (χ2v) is 18.9. The van der Waals surface area contributed by atoms with Crippen LogP contribution in [0.2, 0.25) is 0 Å². The van der Waals surface area contributed by atoms with Crippen molar-refractivity contribution in [3.05, 3.63) is 0 Å². The molecule has 5 N–H and O–H groups in total. The Hall–Kier alpha value is -2.70. The number of ketones is 1. The number of primary amides is 1. The van der Waals surface area contributed by atoms with Crippen LogP contribution in [-0.2, 0) is 29.0 Å². The number of carbonyl (C=O) groups is 5. The third-order valence-electron chi connectivity index (χ3n) is 9.85. The highest BCUT2D eigenvalue weighted by Gasteiger charge is 2.58. The zero-order valence-corrected chi connectivity index (χ0v) is 28.6. The Bertz CT molecular complexity index is 1290. The lowest BCUT2D eigenvalue weighted by Crippen LogP contribution is -2.62. The number of amides is 5. The second-order valence-electron chi connectivity index (χ2n) is 16.2. The van der Waals surface area contributed by atoms with Gasteiger partial charge in [0.25, 0.3) is 5.91 Å². The number of likely N-dealkylation sites (tertiary alicyclic amines) is 1. The maximum Gasteiger partial charge on any atom is 0.315 e. The summed E-state index contributed by atoms with van der Waals surface area (Å²) in [5, 5.41) is 8.58. The van der Waals surface area contributed by atoms with E-state index < -0.39 is 67.8 Å². The Morgan fingerprint density at radius 1 is 0.933 bits per heavy atom. The SMILES string of the molecule is CC(C)(C)CC(NC(=O)NC1(CS(=O)(=O)C(C)(C)C)CCCCC1)C(=O)N1CC2CC2[C@H]1C(=O)NC(CC1CC1)C(=O)C(N)=O. The standard InChI is InChI=1S/C32H53N5O7S/c1-30(2,3)16-23(35-29(42)36-32(12-8-7-9-13-32)18-45(43,44)31(4,5)6)28(41)37-17-20-15-21(20)24(37)27(40)34-22(14-19-10-11-19)25(38)26(33)39/h19-24H,7-18H2,1-6H3,(H2,33,39)(H,34,40)(H2,35,36,42)/t20?,21?,22?,23?,24-/m0/s1. The third-order valence-corrected chi connectivity index (χ3v) is 12.7. The van der Waals surface area contributed by atoms with E-state index in [1.54, 1.807) is 20.8 Å². The van der Waals surface area contributed by atoms with E-state index >= 15 is 0 Å². The van der Waals surface area contributed by atoms with Gasteiger partial charge in [-0.2, -0.15) is 0 Å². The lowest BCUT2D eigenvalue weighted by atomic mass is 9.83. The summed E-state index contributed by atoms with van der Waals surface area (Å²) in [5.74, 6) is -2.67. The number of nitrogens with one attached hydrogen (secondary N) is 3. The highest BCUT2D eigenvalue weighted by molar-refractivity contribution is 7.92. The molecule has 3 aliphatic carbocycles. The highest BCUT2D eigenvalue weighted by atomic mass is 32.2. The Kier molecular flexibility index (Phi) is 10.0. The van der Waals surface area contributed by atoms with Crippen LogP contribution in [0.15, 0.2) is 0 Å². The summed E-state index contributed by atoms with van der Waals surface area (Å²) in [6.07, 6.45) is 6.83. The summed E-state index contributed by atoms with van der Waals surface area (Å²) in [6.45, 7) is 11.2. The molecular weight excluding hydrogens is 598 g/mol. The predicted octanol–water partition coefficient (Wildman–Crippen LogP) is 2.19. The average Bonchev–Trinajstić information content (AvgIpc) is 3.83. The van der Waals surface area contributed by atoms with Crippen LogP contribution in [-0.4, -0.2) is 83.6 Å². The molecule has 4 unspecified atom stereocenters. The van der Waals surface area contributed by atoms with Crippen LogP contribution in [0.5, 0.6) is 0 Å². The Balaban J connectivity index is 1.51. The van der Waals surface area contributed by atoms with E-state index in [0.717, 1.165) is 38.5 Å². The van der Waals surface area contributed by atoms with Crippen LogP contribution in [0.3, 0.4) is 0 Å². The normalized spacial score (nSPS) is 25.8. The van der Waals surface area contributed by atoms with Crippen LogP contribution in [0.1, 0.15) is 106 Å². The topological polar surface area (TPSA) is 185 Å². The minimum absolute atomic E-state index is 0.0589. The highest BCUT2D eigenvalue weighted by Crippen LogP contribution is 2.50. The summed E-state index contributed by atoms with van der Waals surface area (Å²) in [4.78, 5) is 67.1. The molecular formula is C32H53N5O7S. The molecule has 0 aromatic heterocycles. The van der Waals surface area contributed by atoms with Gasteiger partial charge in [0, 0.05) is 6.54 Å². The molecule has 4 aliphatic rings. The molecule has 0 aromatic carbocycles. The molecule has 1 heterocycles. The van der Waals surface area contributed by atoms with E-state index in [1.807, 2.05) is 20.8 Å². The number of hydrogen-bond acceptors (Lipinski definition) is 7. The van der Waals surface area contributed by atoms with E-state index in [0.29, 0.717) is 25.8 Å². The van der Waals surface area contributed by atoms with Gasteiger partial charge in [0.2, 0.25) is 17.6 Å². The number of nitrogens with two attached hydrogens (primary N) is 1. The summed E-state index contributed by atoms with van der Waals surface area (Å²) >= 11 is 0. The zero-order chi connectivity index (χ0) is 33.5. The number of nitrogens with zero attached hydrogens (tertiary/aromatic N) is 1. The molecule has 5 atom stereocenters. The first-order chi connectivity index (χ1) is 20.7. The predicted molar refractivity (Wildman–Crippen MR) is 169 cm³/mol. The summed E-state index contributed by atoms with van der Waals surface area (Å²) in [7, 11) is -3.55. The molecule has 1 aliphatic heterocycles. The van der Waals surface area contributed by atoms with E-state index in [-0.39, 0.29) is 35.3 Å². The first kappa shape index (κ1) is 35.2. The number of piperidine rings is 1. The lowest BCUT2D eigenvalue weighted by molar-refractivity contribution is -0.143. The van der Waals surface area contributed by atoms with Gasteiger partial charge in [0.1, 0.15) is 12.1 Å². The van der Waals surface area contributed by atoms with E-state index in [4.69, 9.17) is 5.73 Å². The minimum Gasteiger partial charge on any atom is -0.363 e. The fraction of sp³-hybridized carbons (Fsp3) is 0.844. The molecule has 4 rings (SSSR count). The van der Waals surface area contributed by atoms with Crippen LogP contribution >= 0.6 is 0 Å². The van der Waals surface area contributed by atoms with Gasteiger partial charge >= 0.3 is 6.03 Å². The molecule has 0 bridgehead atoms. The van der Waals surface area contributed by atoms with Gasteiger partial charge < -0.3 is 26.6 Å². The van der Waals surface area contributed by atoms with Gasteiger partial charge in [-0.25, -0.2) is 13.2 Å². The maximum atomic E-state index is 14.2. The van der Waals surface area contributed by atoms with Crippen molar-refractivity contribution in [2.24, 2.45) is 28.9 Å². The van der Waals surface area contributed by atoms with Gasteiger partial charge in [0.15, 0.2) is 9.84 Å². The Morgan fingerprint density at radius 3 is 2.09 bits per heavy atom. The molecule has 254 valence electrons. The van der Waals surface area contributed by atoms with Crippen molar-refractivity contribution in [3.8, 4) is 0 Å². The maximum absolute atomic E-state index is 14.2. The number of rotatable bonds is 12. The first-order valence-electron chi connectivity index (χ1n) is 16.5. The molecule has 13 heteroatoms. The molecule has 12 nitrogen and oxygen atoms in total. The summed E-state index contributed by atoms with van der Waals surface area (Å²) in [6, 6.07) is -3.42. The van der Waals surface area contributed by atoms with Crippen LogP contribution in [0.25, 0.3) is 0 Å². The second kappa shape index (κ2) is 12.8. The molecule has 0 aromatic rings. The van der Waals surface area contributed by atoms with E-state index in [2.05, 4.69) is 16.0 Å².